The van der Waals surface area contributed by atoms with Gasteiger partial charge in [-0.15, -0.1) is 0 Å². The molecule has 7 nitrogen and oxygen atoms in total. The van der Waals surface area contributed by atoms with Crippen LogP contribution in [0.15, 0.2) is 48.5 Å². The number of carbonyl (C=O) groups is 2. The largest absolute Gasteiger partial charge is 0.397 e. The van der Waals surface area contributed by atoms with E-state index in [1.165, 1.54) is 7.11 Å². The molecule has 2 aromatic carbocycles. The number of carbonyl (C=O) groups excluding carboxylic acids is 2. The van der Waals surface area contributed by atoms with Crippen molar-refractivity contribution in [1.29, 1.82) is 0 Å². The highest BCUT2D eigenvalue weighted by atomic mass is 16.5. The fraction of sp³-hybridized carbons (Fsp3) is 0.333. The fourth-order valence-electron chi connectivity index (χ4n) is 3.67. The molecular weight excluding hydrogens is 392 g/mol. The molecule has 4 N–H and O–H groups in total. The van der Waals surface area contributed by atoms with Gasteiger partial charge in [0.1, 0.15) is 6.61 Å². The maximum absolute atomic E-state index is 13.3. The minimum Gasteiger partial charge on any atom is -0.397 e. The molecule has 7 heteroatoms. The molecule has 0 bridgehead atoms. The SMILES string of the molecule is CCCN/C1=C(\N)c2ccccc2CN(C(=O)CCNC(=O)COC)c2ccccc21. The highest BCUT2D eigenvalue weighted by molar-refractivity contribution is 6.01. The average Bonchev–Trinajstić information content (AvgIpc) is 2.77. The second-order valence-electron chi connectivity index (χ2n) is 7.40. The molecule has 0 spiro atoms. The van der Waals surface area contributed by atoms with Crippen LogP contribution in [0.3, 0.4) is 0 Å². The Morgan fingerprint density at radius 1 is 1.06 bits per heavy atom. The Morgan fingerprint density at radius 2 is 1.77 bits per heavy atom. The van der Waals surface area contributed by atoms with E-state index in [1.54, 1.807) is 4.90 Å². The molecule has 1 heterocycles. The predicted molar refractivity (Wildman–Crippen MR) is 123 cm³/mol. The van der Waals surface area contributed by atoms with Crippen molar-refractivity contribution in [3.05, 3.63) is 65.2 Å². The van der Waals surface area contributed by atoms with E-state index in [2.05, 4.69) is 17.6 Å². The minimum atomic E-state index is -0.240. The van der Waals surface area contributed by atoms with E-state index >= 15 is 0 Å². The number of hydrogen-bond acceptors (Lipinski definition) is 5. The van der Waals surface area contributed by atoms with Crippen molar-refractivity contribution in [1.82, 2.24) is 10.6 Å². The summed E-state index contributed by atoms with van der Waals surface area (Å²) in [6.07, 6.45) is 1.13. The molecule has 0 saturated heterocycles. The Hall–Kier alpha value is -3.32. The van der Waals surface area contributed by atoms with Gasteiger partial charge in [-0.05, 0) is 18.1 Å². The number of hydrogen-bond donors (Lipinski definition) is 3. The molecule has 3 rings (SSSR count). The second-order valence-corrected chi connectivity index (χ2v) is 7.40. The molecule has 2 amide bonds. The van der Waals surface area contributed by atoms with Gasteiger partial charge in [-0.1, -0.05) is 49.4 Å². The number of nitrogens with one attached hydrogen (secondary N) is 2. The van der Waals surface area contributed by atoms with Crippen molar-refractivity contribution in [3.8, 4) is 0 Å². The molecule has 0 fully saturated rings. The van der Waals surface area contributed by atoms with Crippen LogP contribution in [0.5, 0.6) is 0 Å². The molecule has 1 aliphatic rings. The zero-order valence-corrected chi connectivity index (χ0v) is 18.1. The number of para-hydroxylation sites is 1. The molecule has 0 saturated carbocycles. The van der Waals surface area contributed by atoms with Crippen molar-refractivity contribution in [3.63, 3.8) is 0 Å². The standard InChI is InChI=1S/C24H30N4O3/c1-3-13-27-24-19-10-6-7-11-20(19)28(22(30)12-14-26-21(29)16-31-2)15-17-8-4-5-9-18(17)23(24)25/h4-11,27H,3,12-16,25H2,1-2H3,(H,26,29)/b24-23-. The van der Waals surface area contributed by atoms with Crippen molar-refractivity contribution in [2.24, 2.45) is 5.73 Å². The van der Waals surface area contributed by atoms with Gasteiger partial charge in [0.25, 0.3) is 0 Å². The maximum Gasteiger partial charge on any atom is 0.245 e. The van der Waals surface area contributed by atoms with Crippen molar-refractivity contribution in [2.75, 3.05) is 31.7 Å². The Kier molecular flexibility index (Phi) is 7.67. The fourth-order valence-corrected chi connectivity index (χ4v) is 3.67. The summed E-state index contributed by atoms with van der Waals surface area (Å²) in [4.78, 5) is 26.7. The third kappa shape index (κ3) is 5.24. The number of benzene rings is 2. The Bertz CT molecular complexity index is 971. The minimum absolute atomic E-state index is 0.0232. The predicted octanol–water partition coefficient (Wildman–Crippen LogP) is 2.47. The summed E-state index contributed by atoms with van der Waals surface area (Å²) in [5.41, 5.74) is 11.7. The molecule has 1 aliphatic heterocycles. The number of rotatable bonds is 8. The lowest BCUT2D eigenvalue weighted by molar-refractivity contribution is -0.124. The number of nitrogens with two attached hydrogens (primary N) is 1. The molecular formula is C24H30N4O3. The second kappa shape index (κ2) is 10.6. The van der Waals surface area contributed by atoms with Gasteiger partial charge in [0.2, 0.25) is 11.8 Å². The van der Waals surface area contributed by atoms with E-state index in [4.69, 9.17) is 10.5 Å². The molecule has 0 unspecified atom stereocenters. The average molecular weight is 423 g/mol. The van der Waals surface area contributed by atoms with E-state index in [0.29, 0.717) is 12.2 Å². The number of anilines is 1. The van der Waals surface area contributed by atoms with Crippen molar-refractivity contribution in [2.45, 2.75) is 26.3 Å². The molecule has 0 aliphatic carbocycles. The van der Waals surface area contributed by atoms with Crippen molar-refractivity contribution < 1.29 is 14.3 Å². The smallest absolute Gasteiger partial charge is 0.245 e. The van der Waals surface area contributed by atoms with Crippen LogP contribution in [0.2, 0.25) is 0 Å². The maximum atomic E-state index is 13.3. The monoisotopic (exact) mass is 422 g/mol. The van der Waals surface area contributed by atoms with Gasteiger partial charge >= 0.3 is 0 Å². The van der Waals surface area contributed by atoms with Crippen LogP contribution >= 0.6 is 0 Å². The topological polar surface area (TPSA) is 96.7 Å². The third-order valence-electron chi connectivity index (χ3n) is 5.16. The van der Waals surface area contributed by atoms with Gasteiger partial charge in [-0.25, -0.2) is 0 Å². The normalized spacial score (nSPS) is 15.4. The van der Waals surface area contributed by atoms with E-state index in [9.17, 15) is 9.59 Å². The number of fused-ring (bicyclic) bond motifs is 2. The molecule has 164 valence electrons. The van der Waals surface area contributed by atoms with E-state index < -0.39 is 0 Å². The molecule has 0 atom stereocenters. The Balaban J connectivity index is 1.99. The lowest BCUT2D eigenvalue weighted by atomic mass is 9.96. The zero-order valence-electron chi connectivity index (χ0n) is 18.1. The number of amides is 2. The van der Waals surface area contributed by atoms with Gasteiger partial charge in [-0.3, -0.25) is 9.59 Å². The van der Waals surface area contributed by atoms with Gasteiger partial charge in [0.15, 0.2) is 0 Å². The lowest BCUT2D eigenvalue weighted by Crippen LogP contribution is -2.37. The Labute approximate surface area is 183 Å². The summed E-state index contributed by atoms with van der Waals surface area (Å²) in [5.74, 6) is -0.314. The van der Waals surface area contributed by atoms with Crippen LogP contribution in [0.4, 0.5) is 5.69 Å². The molecule has 0 aromatic heterocycles. The quantitative estimate of drug-likeness (QED) is 0.607. The lowest BCUT2D eigenvalue weighted by Gasteiger charge is -2.30. The van der Waals surface area contributed by atoms with Gasteiger partial charge in [0.05, 0.1) is 23.6 Å². The summed E-state index contributed by atoms with van der Waals surface area (Å²) < 4.78 is 4.82. The van der Waals surface area contributed by atoms with Gasteiger partial charge < -0.3 is 26.0 Å². The summed E-state index contributed by atoms with van der Waals surface area (Å²) in [6, 6.07) is 15.7. The van der Waals surface area contributed by atoms with Crippen LogP contribution in [-0.2, 0) is 20.9 Å². The van der Waals surface area contributed by atoms with Gasteiger partial charge in [-0.2, -0.15) is 0 Å². The van der Waals surface area contributed by atoms with Crippen LogP contribution in [0, 0.1) is 0 Å². The first-order valence-corrected chi connectivity index (χ1v) is 10.5. The first-order chi connectivity index (χ1) is 15.1. The third-order valence-corrected chi connectivity index (χ3v) is 5.16. The first-order valence-electron chi connectivity index (χ1n) is 10.5. The Morgan fingerprint density at radius 3 is 2.52 bits per heavy atom. The summed E-state index contributed by atoms with van der Waals surface area (Å²) >= 11 is 0. The first kappa shape index (κ1) is 22.4. The number of ether oxygens (including phenoxy) is 1. The number of nitrogens with zero attached hydrogens (tertiary/aromatic N) is 1. The van der Waals surface area contributed by atoms with Crippen LogP contribution < -0.4 is 21.3 Å². The van der Waals surface area contributed by atoms with Gasteiger partial charge in [0, 0.05) is 37.7 Å². The van der Waals surface area contributed by atoms with E-state index in [-0.39, 0.29) is 31.4 Å². The van der Waals surface area contributed by atoms with E-state index in [1.807, 2.05) is 48.5 Å². The summed E-state index contributed by atoms with van der Waals surface area (Å²) in [7, 11) is 1.46. The molecule has 2 aromatic rings. The van der Waals surface area contributed by atoms with Crippen LogP contribution in [0.1, 0.15) is 36.5 Å². The molecule has 0 radical (unpaired) electrons. The summed E-state index contributed by atoms with van der Waals surface area (Å²) in [6.45, 7) is 3.50. The van der Waals surface area contributed by atoms with Crippen LogP contribution in [-0.4, -0.2) is 38.6 Å². The van der Waals surface area contributed by atoms with Crippen LogP contribution in [0.25, 0.3) is 11.4 Å². The highest BCUT2D eigenvalue weighted by Crippen LogP contribution is 2.35. The van der Waals surface area contributed by atoms with Crippen molar-refractivity contribution >= 4 is 28.9 Å². The highest BCUT2D eigenvalue weighted by Gasteiger charge is 2.25. The zero-order chi connectivity index (χ0) is 22.2. The summed E-state index contributed by atoms with van der Waals surface area (Å²) in [5, 5.41) is 6.18. The number of methoxy groups -OCH3 is 1. The molecule has 31 heavy (non-hydrogen) atoms. The van der Waals surface area contributed by atoms with E-state index in [0.717, 1.165) is 41.0 Å².